The van der Waals surface area contributed by atoms with Gasteiger partial charge in [-0.2, -0.15) is 8.61 Å². The van der Waals surface area contributed by atoms with Crippen LogP contribution < -0.4 is 0 Å². The minimum atomic E-state index is -3.79. The van der Waals surface area contributed by atoms with Gasteiger partial charge in [0.2, 0.25) is 20.0 Å². The van der Waals surface area contributed by atoms with Gasteiger partial charge in [-0.15, -0.1) is 12.8 Å². The van der Waals surface area contributed by atoms with E-state index in [2.05, 4.69) is 11.8 Å². The lowest BCUT2D eigenvalue weighted by Gasteiger charge is -2.20. The van der Waals surface area contributed by atoms with Gasteiger partial charge in [0.15, 0.2) is 0 Å². The molecule has 2 aromatic rings. The molecule has 0 aliphatic heterocycles. The van der Waals surface area contributed by atoms with E-state index >= 15 is 0 Å². The first-order chi connectivity index (χ1) is 15.1. The summed E-state index contributed by atoms with van der Waals surface area (Å²) in [6, 6.07) is 13.0. The van der Waals surface area contributed by atoms with Gasteiger partial charge in [0.1, 0.15) is 0 Å². The van der Waals surface area contributed by atoms with Crippen LogP contribution in [0.3, 0.4) is 0 Å². The van der Waals surface area contributed by atoms with Crippen LogP contribution in [0.2, 0.25) is 0 Å². The summed E-state index contributed by atoms with van der Waals surface area (Å²) in [5.74, 6) is 4.71. The molecule has 0 bridgehead atoms. The number of hydrogen-bond donors (Lipinski definition) is 0. The van der Waals surface area contributed by atoms with Crippen molar-refractivity contribution in [1.29, 1.82) is 0 Å². The van der Waals surface area contributed by atoms with Crippen LogP contribution >= 0.6 is 0 Å². The molecule has 6 nitrogen and oxygen atoms in total. The fraction of sp³-hybridized carbons (Fsp3) is 0.250. The van der Waals surface area contributed by atoms with Gasteiger partial charge in [-0.05, 0) is 38.1 Å². The molecule has 0 fully saturated rings. The lowest BCUT2D eigenvalue weighted by Crippen LogP contribution is -2.33. The summed E-state index contributed by atoms with van der Waals surface area (Å²) in [6.45, 7) is 3.49. The minimum absolute atomic E-state index is 0.00508. The molecule has 32 heavy (non-hydrogen) atoms. The largest absolute Gasteiger partial charge is 0.244 e. The Morgan fingerprint density at radius 2 is 1.00 bits per heavy atom. The van der Waals surface area contributed by atoms with Crippen LogP contribution in [0.5, 0.6) is 0 Å². The van der Waals surface area contributed by atoms with Crippen molar-refractivity contribution in [3.63, 3.8) is 0 Å². The van der Waals surface area contributed by atoms with Crippen LogP contribution in [0.15, 0.2) is 70.5 Å². The van der Waals surface area contributed by atoms with Crippen molar-refractivity contribution in [2.45, 2.75) is 23.6 Å². The number of terminal acetylenes is 2. The third kappa shape index (κ3) is 6.32. The minimum Gasteiger partial charge on any atom is -0.207 e. The van der Waals surface area contributed by atoms with Crippen LogP contribution in [0, 0.1) is 38.5 Å². The maximum absolute atomic E-state index is 12.9. The van der Waals surface area contributed by atoms with E-state index in [0.29, 0.717) is 0 Å². The van der Waals surface area contributed by atoms with Gasteiger partial charge in [0, 0.05) is 13.1 Å². The number of nitrogens with zero attached hydrogens (tertiary/aromatic N) is 2. The first-order valence-electron chi connectivity index (χ1n) is 9.78. The first kappa shape index (κ1) is 25.4. The van der Waals surface area contributed by atoms with E-state index < -0.39 is 20.0 Å². The van der Waals surface area contributed by atoms with Crippen molar-refractivity contribution >= 4 is 20.0 Å². The molecule has 0 saturated carbocycles. The molecule has 0 heterocycles. The zero-order valence-electron chi connectivity index (χ0n) is 18.1. The van der Waals surface area contributed by atoms with Crippen molar-refractivity contribution < 1.29 is 16.8 Å². The average Bonchev–Trinajstić information content (AvgIpc) is 2.75. The summed E-state index contributed by atoms with van der Waals surface area (Å²) < 4.78 is 53.9. The summed E-state index contributed by atoms with van der Waals surface area (Å²) >= 11 is 0. The summed E-state index contributed by atoms with van der Waals surface area (Å²) in [5, 5.41) is 0. The Labute approximate surface area is 191 Å². The van der Waals surface area contributed by atoms with Crippen molar-refractivity contribution in [2.24, 2.45) is 0 Å². The highest BCUT2D eigenvalue weighted by Gasteiger charge is 2.24. The van der Waals surface area contributed by atoms with E-state index in [-0.39, 0.29) is 36.0 Å². The molecule has 0 saturated heterocycles. The summed E-state index contributed by atoms with van der Waals surface area (Å²) in [4.78, 5) is 0.283. The second-order valence-corrected chi connectivity index (χ2v) is 11.0. The summed E-state index contributed by atoms with van der Waals surface area (Å²) in [5.41, 5.74) is 1.88. The van der Waals surface area contributed by atoms with Crippen LogP contribution in [-0.2, 0) is 20.0 Å². The number of benzene rings is 2. The molecule has 2 aromatic carbocycles. The SMILES string of the molecule is C#CCN(C/C=C\CN(CC#C)S(=O)(=O)c1ccc(C)cc1)S(=O)(=O)c1ccc(C)cc1. The van der Waals surface area contributed by atoms with E-state index in [1.54, 1.807) is 36.4 Å². The van der Waals surface area contributed by atoms with Crippen LogP contribution in [0.1, 0.15) is 11.1 Å². The maximum Gasteiger partial charge on any atom is 0.244 e. The molecule has 0 atom stereocenters. The molecule has 2 rings (SSSR count). The van der Waals surface area contributed by atoms with Crippen molar-refractivity contribution in [1.82, 2.24) is 8.61 Å². The average molecular weight is 471 g/mol. The topological polar surface area (TPSA) is 74.8 Å². The fourth-order valence-electron chi connectivity index (χ4n) is 2.80. The molecule has 0 unspecified atom stereocenters. The van der Waals surface area contributed by atoms with E-state index in [1.807, 2.05) is 13.8 Å². The highest BCUT2D eigenvalue weighted by molar-refractivity contribution is 7.89. The Morgan fingerprint density at radius 1 is 0.688 bits per heavy atom. The number of sulfonamides is 2. The van der Waals surface area contributed by atoms with E-state index in [1.165, 1.54) is 24.3 Å². The molecule has 0 N–H and O–H groups in total. The zero-order chi connectivity index (χ0) is 23.8. The lowest BCUT2D eigenvalue weighted by molar-refractivity contribution is 0.470. The molecule has 0 radical (unpaired) electrons. The molecule has 0 spiro atoms. The Morgan fingerprint density at radius 3 is 1.28 bits per heavy atom. The molecular weight excluding hydrogens is 444 g/mol. The smallest absolute Gasteiger partial charge is 0.207 e. The van der Waals surface area contributed by atoms with Crippen LogP contribution in [0.25, 0.3) is 0 Å². The first-order valence-corrected chi connectivity index (χ1v) is 12.7. The number of rotatable bonds is 10. The van der Waals surface area contributed by atoms with Crippen molar-refractivity contribution in [2.75, 3.05) is 26.2 Å². The predicted octanol–water partition coefficient (Wildman–Crippen LogP) is 2.81. The van der Waals surface area contributed by atoms with E-state index in [9.17, 15) is 16.8 Å². The van der Waals surface area contributed by atoms with Gasteiger partial charge in [0.05, 0.1) is 22.9 Å². The number of aryl methyl sites for hydroxylation is 2. The predicted molar refractivity (Wildman–Crippen MR) is 127 cm³/mol. The molecule has 0 aliphatic rings. The number of hydrogen-bond acceptors (Lipinski definition) is 4. The van der Waals surface area contributed by atoms with Crippen molar-refractivity contribution in [3.8, 4) is 24.7 Å². The maximum atomic E-state index is 12.9. The summed E-state index contributed by atoms with van der Waals surface area (Å²) in [6.07, 6.45) is 13.9. The Kier molecular flexibility index (Phi) is 8.82. The molecule has 0 aromatic heterocycles. The second-order valence-electron chi connectivity index (χ2n) is 7.10. The highest BCUT2D eigenvalue weighted by Crippen LogP contribution is 2.17. The second kappa shape index (κ2) is 11.1. The molecule has 0 amide bonds. The molecule has 8 heteroatoms. The third-order valence-electron chi connectivity index (χ3n) is 4.64. The fourth-order valence-corrected chi connectivity index (χ4v) is 5.41. The van der Waals surface area contributed by atoms with E-state index in [4.69, 9.17) is 12.8 Å². The standard InChI is InChI=1S/C24H26N2O4S2/c1-5-17-25(31(27,28)23-13-9-21(3)10-14-23)19-7-8-20-26(18-6-2)32(29,30)24-15-11-22(4)12-16-24/h1-2,7-16H,17-20H2,3-4H3/b8-7-. The van der Waals surface area contributed by atoms with Gasteiger partial charge >= 0.3 is 0 Å². The Balaban J connectivity index is 2.17. The van der Waals surface area contributed by atoms with Crippen molar-refractivity contribution in [3.05, 3.63) is 71.8 Å². The van der Waals surface area contributed by atoms with Gasteiger partial charge < -0.3 is 0 Å². The molecule has 0 aliphatic carbocycles. The zero-order valence-corrected chi connectivity index (χ0v) is 19.7. The third-order valence-corrected chi connectivity index (χ3v) is 8.29. The van der Waals surface area contributed by atoms with Gasteiger partial charge in [-0.3, -0.25) is 0 Å². The van der Waals surface area contributed by atoms with Gasteiger partial charge in [-0.25, -0.2) is 16.8 Å². The molecular formula is C24H26N2O4S2. The summed E-state index contributed by atoms with van der Waals surface area (Å²) in [7, 11) is -7.58. The Bertz CT molecular complexity index is 1130. The highest BCUT2D eigenvalue weighted by atomic mass is 32.2. The lowest BCUT2D eigenvalue weighted by atomic mass is 10.2. The van der Waals surface area contributed by atoms with Gasteiger partial charge in [-0.1, -0.05) is 59.4 Å². The van der Waals surface area contributed by atoms with Crippen LogP contribution in [-0.4, -0.2) is 51.6 Å². The monoisotopic (exact) mass is 470 g/mol. The molecule has 168 valence electrons. The quantitative estimate of drug-likeness (QED) is 0.395. The van der Waals surface area contributed by atoms with E-state index in [0.717, 1.165) is 19.7 Å². The normalized spacial score (nSPS) is 12.2. The van der Waals surface area contributed by atoms with Gasteiger partial charge in [0.25, 0.3) is 0 Å². The van der Waals surface area contributed by atoms with Crippen LogP contribution in [0.4, 0.5) is 0 Å². The Hall–Kier alpha value is -2.88.